The number of pyridine rings is 1. The number of urea groups is 1. The van der Waals surface area contributed by atoms with Crippen molar-refractivity contribution in [2.75, 3.05) is 5.32 Å². The normalized spacial score (nSPS) is 11.4. The molecule has 0 saturated heterocycles. The van der Waals surface area contributed by atoms with Gasteiger partial charge in [0, 0.05) is 17.1 Å². The second kappa shape index (κ2) is 6.25. The molecular formula is C17H14N4O3. The van der Waals surface area contributed by atoms with Crippen LogP contribution in [0.1, 0.15) is 11.1 Å². The van der Waals surface area contributed by atoms with E-state index in [0.717, 1.165) is 0 Å². The molecule has 0 aliphatic heterocycles. The van der Waals surface area contributed by atoms with E-state index in [4.69, 9.17) is 5.73 Å². The predicted octanol–water partition coefficient (Wildman–Crippen LogP) is 2.68. The number of nitrogens with zero attached hydrogens (tertiary/aromatic N) is 1. The molecule has 0 radical (unpaired) electrons. The lowest BCUT2D eigenvalue weighted by atomic mass is 10.0. The molecule has 0 atom stereocenters. The number of anilines is 1. The molecule has 0 aliphatic rings. The van der Waals surface area contributed by atoms with Gasteiger partial charge >= 0.3 is 12.0 Å². The van der Waals surface area contributed by atoms with E-state index < -0.39 is 12.0 Å². The number of nitrogens with one attached hydrogen (secondary N) is 2. The number of carbonyl (C=O) groups excluding carboxylic acids is 1. The number of aromatic amines is 1. The van der Waals surface area contributed by atoms with Gasteiger partial charge in [-0.3, -0.25) is 0 Å². The summed E-state index contributed by atoms with van der Waals surface area (Å²) < 4.78 is 0. The Hall–Kier alpha value is -3.61. The highest BCUT2D eigenvalue weighted by Gasteiger charge is 2.12. The van der Waals surface area contributed by atoms with Crippen molar-refractivity contribution in [2.24, 2.45) is 5.73 Å². The van der Waals surface area contributed by atoms with Crippen molar-refractivity contribution in [1.82, 2.24) is 9.97 Å². The van der Waals surface area contributed by atoms with Crippen molar-refractivity contribution < 1.29 is 14.7 Å². The van der Waals surface area contributed by atoms with Gasteiger partial charge in [0.15, 0.2) is 0 Å². The summed E-state index contributed by atoms with van der Waals surface area (Å²) in [6.07, 6.45) is 4.69. The molecule has 7 heteroatoms. The fraction of sp³-hybridized carbons (Fsp3) is 0. The van der Waals surface area contributed by atoms with Crippen LogP contribution >= 0.6 is 0 Å². The minimum Gasteiger partial charge on any atom is -0.478 e. The van der Waals surface area contributed by atoms with Crippen LogP contribution in [-0.4, -0.2) is 27.1 Å². The van der Waals surface area contributed by atoms with E-state index in [2.05, 4.69) is 15.3 Å². The van der Waals surface area contributed by atoms with Crippen molar-refractivity contribution in [3.63, 3.8) is 0 Å². The summed E-state index contributed by atoms with van der Waals surface area (Å²) in [5.41, 5.74) is 7.51. The van der Waals surface area contributed by atoms with Crippen LogP contribution in [0.3, 0.4) is 0 Å². The number of aromatic nitrogens is 2. The molecule has 0 unspecified atom stereocenters. The van der Waals surface area contributed by atoms with Crippen LogP contribution in [0.25, 0.3) is 22.7 Å². The Morgan fingerprint density at radius 2 is 2.00 bits per heavy atom. The second-order valence-corrected chi connectivity index (χ2v) is 5.08. The number of hydrogen-bond donors (Lipinski definition) is 4. The maximum absolute atomic E-state index is 11.6. The Balaban J connectivity index is 2.10. The Morgan fingerprint density at radius 1 is 1.25 bits per heavy atom. The van der Waals surface area contributed by atoms with Gasteiger partial charge in [-0.15, -0.1) is 0 Å². The van der Waals surface area contributed by atoms with Gasteiger partial charge in [-0.05, 0) is 17.7 Å². The molecule has 2 amide bonds. The summed E-state index contributed by atoms with van der Waals surface area (Å²) in [6, 6.07) is 9.81. The van der Waals surface area contributed by atoms with E-state index in [1.54, 1.807) is 42.6 Å². The number of fused-ring (bicyclic) bond motifs is 1. The lowest BCUT2D eigenvalue weighted by molar-refractivity contribution is -0.130. The van der Waals surface area contributed by atoms with Crippen LogP contribution in [0.15, 0.2) is 48.8 Å². The average molecular weight is 322 g/mol. The minimum absolute atomic E-state index is 0.157. The monoisotopic (exact) mass is 322 g/mol. The molecule has 0 spiro atoms. The summed E-state index contributed by atoms with van der Waals surface area (Å²) >= 11 is 0. The zero-order valence-corrected chi connectivity index (χ0v) is 12.5. The Labute approximate surface area is 136 Å². The zero-order chi connectivity index (χ0) is 17.1. The Kier molecular flexibility index (Phi) is 3.98. The van der Waals surface area contributed by atoms with Gasteiger partial charge in [-0.25, -0.2) is 14.6 Å². The van der Waals surface area contributed by atoms with Crippen LogP contribution in [0.2, 0.25) is 0 Å². The van der Waals surface area contributed by atoms with Crippen molar-refractivity contribution in [3.05, 3.63) is 59.9 Å². The number of rotatable bonds is 4. The molecule has 5 N–H and O–H groups in total. The van der Waals surface area contributed by atoms with E-state index >= 15 is 0 Å². The van der Waals surface area contributed by atoms with Gasteiger partial charge in [-0.1, -0.05) is 30.3 Å². The smallest absolute Gasteiger partial charge is 0.336 e. The summed E-state index contributed by atoms with van der Waals surface area (Å²) in [7, 11) is 0. The first-order chi connectivity index (χ1) is 11.5. The van der Waals surface area contributed by atoms with Crippen LogP contribution in [-0.2, 0) is 4.79 Å². The van der Waals surface area contributed by atoms with Crippen molar-refractivity contribution in [2.45, 2.75) is 0 Å². The van der Waals surface area contributed by atoms with Gasteiger partial charge < -0.3 is 21.1 Å². The van der Waals surface area contributed by atoms with Crippen molar-refractivity contribution in [1.29, 1.82) is 0 Å². The SMILES string of the molecule is NC(=O)Nc1cnc2[nH]cc(C=C(C(=O)O)c3ccccc3)c2c1. The lowest BCUT2D eigenvalue weighted by Gasteiger charge is -2.03. The lowest BCUT2D eigenvalue weighted by Crippen LogP contribution is -2.19. The molecule has 120 valence electrons. The maximum Gasteiger partial charge on any atom is 0.336 e. The third-order valence-electron chi connectivity index (χ3n) is 3.45. The second-order valence-electron chi connectivity index (χ2n) is 5.08. The number of primary amides is 1. The van der Waals surface area contributed by atoms with E-state index in [1.807, 2.05) is 6.07 Å². The molecule has 0 aliphatic carbocycles. The molecule has 3 rings (SSSR count). The van der Waals surface area contributed by atoms with E-state index in [9.17, 15) is 14.7 Å². The molecule has 1 aromatic carbocycles. The van der Waals surface area contributed by atoms with Crippen molar-refractivity contribution >= 4 is 40.4 Å². The van der Waals surface area contributed by atoms with E-state index in [-0.39, 0.29) is 5.57 Å². The topological polar surface area (TPSA) is 121 Å². The summed E-state index contributed by atoms with van der Waals surface area (Å²) in [4.78, 5) is 29.7. The summed E-state index contributed by atoms with van der Waals surface area (Å²) in [5, 5.41) is 12.6. The quantitative estimate of drug-likeness (QED) is 0.552. The molecule has 0 fully saturated rings. The van der Waals surface area contributed by atoms with Crippen LogP contribution < -0.4 is 11.1 Å². The number of aliphatic carboxylic acids is 1. The molecule has 2 aromatic heterocycles. The predicted molar refractivity (Wildman–Crippen MR) is 91.2 cm³/mol. The average Bonchev–Trinajstić information content (AvgIpc) is 2.95. The number of nitrogens with two attached hydrogens (primary N) is 1. The Bertz CT molecular complexity index is 945. The molecule has 0 saturated carbocycles. The summed E-state index contributed by atoms with van der Waals surface area (Å²) in [6.45, 7) is 0. The zero-order valence-electron chi connectivity index (χ0n) is 12.5. The fourth-order valence-corrected chi connectivity index (χ4v) is 2.40. The first kappa shape index (κ1) is 15.3. The molecule has 2 heterocycles. The van der Waals surface area contributed by atoms with Crippen LogP contribution in [0.5, 0.6) is 0 Å². The molecule has 24 heavy (non-hydrogen) atoms. The van der Waals surface area contributed by atoms with E-state index in [1.165, 1.54) is 6.20 Å². The van der Waals surface area contributed by atoms with Gasteiger partial charge in [0.1, 0.15) is 5.65 Å². The van der Waals surface area contributed by atoms with Gasteiger partial charge in [0.05, 0.1) is 17.5 Å². The fourth-order valence-electron chi connectivity index (χ4n) is 2.40. The first-order valence-corrected chi connectivity index (χ1v) is 7.08. The standard InChI is InChI=1S/C17H14N4O3/c18-17(24)21-12-7-13-11(8-19-15(13)20-9-12)6-14(16(22)23)10-4-2-1-3-5-10/h1-9H,(H,19,20)(H,22,23)(H3,18,21,24). The highest BCUT2D eigenvalue weighted by molar-refractivity contribution is 6.21. The largest absolute Gasteiger partial charge is 0.478 e. The molecule has 0 bridgehead atoms. The number of carboxylic acid groups (broad SMARTS) is 1. The highest BCUT2D eigenvalue weighted by Crippen LogP contribution is 2.25. The van der Waals surface area contributed by atoms with E-state index in [0.29, 0.717) is 27.8 Å². The third-order valence-corrected chi connectivity index (χ3v) is 3.45. The van der Waals surface area contributed by atoms with Crippen LogP contribution in [0, 0.1) is 0 Å². The number of benzene rings is 1. The maximum atomic E-state index is 11.6. The molecule has 3 aromatic rings. The summed E-state index contributed by atoms with van der Waals surface area (Å²) in [5.74, 6) is -1.03. The number of amides is 2. The number of H-pyrrole nitrogens is 1. The Morgan fingerprint density at radius 3 is 2.67 bits per heavy atom. The minimum atomic E-state index is -1.03. The number of carbonyl (C=O) groups is 2. The highest BCUT2D eigenvalue weighted by atomic mass is 16.4. The number of hydrogen-bond acceptors (Lipinski definition) is 3. The van der Waals surface area contributed by atoms with Crippen LogP contribution in [0.4, 0.5) is 10.5 Å². The number of carboxylic acids is 1. The molecular weight excluding hydrogens is 308 g/mol. The first-order valence-electron chi connectivity index (χ1n) is 7.08. The third kappa shape index (κ3) is 3.09. The van der Waals surface area contributed by atoms with Crippen molar-refractivity contribution in [3.8, 4) is 0 Å². The van der Waals surface area contributed by atoms with Gasteiger partial charge in [0.2, 0.25) is 0 Å². The van der Waals surface area contributed by atoms with Gasteiger partial charge in [0.25, 0.3) is 0 Å². The van der Waals surface area contributed by atoms with Gasteiger partial charge in [-0.2, -0.15) is 0 Å². The molecule has 7 nitrogen and oxygen atoms in total.